The second-order valence-corrected chi connectivity index (χ2v) is 5.09. The third-order valence-corrected chi connectivity index (χ3v) is 3.71. The van der Waals surface area contributed by atoms with E-state index in [1.165, 1.54) is 32.1 Å². The van der Waals surface area contributed by atoms with Crippen LogP contribution in [-0.2, 0) is 11.3 Å². The fourth-order valence-electron chi connectivity index (χ4n) is 2.72. The summed E-state index contributed by atoms with van der Waals surface area (Å²) >= 11 is 0. The number of nitrogens with zero attached hydrogens (tertiary/aromatic N) is 3. The van der Waals surface area contributed by atoms with Crippen molar-refractivity contribution in [3.8, 4) is 0 Å². The highest BCUT2D eigenvalue weighted by molar-refractivity contribution is 5.66. The smallest absolute Gasteiger partial charge is 0.303 e. The van der Waals surface area contributed by atoms with Gasteiger partial charge in [0.25, 0.3) is 0 Å². The van der Waals surface area contributed by atoms with Gasteiger partial charge in [-0.05, 0) is 26.2 Å². The quantitative estimate of drug-likeness (QED) is 0.873. The van der Waals surface area contributed by atoms with E-state index in [9.17, 15) is 4.79 Å². The molecule has 1 aromatic rings. The van der Waals surface area contributed by atoms with Gasteiger partial charge in [-0.25, -0.2) is 0 Å². The lowest BCUT2D eigenvalue weighted by atomic mass is 9.88. The monoisotopic (exact) mass is 251 g/mol. The van der Waals surface area contributed by atoms with Gasteiger partial charge < -0.3 is 9.67 Å². The maximum absolute atomic E-state index is 10.6. The van der Waals surface area contributed by atoms with Gasteiger partial charge in [0, 0.05) is 18.9 Å². The summed E-state index contributed by atoms with van der Waals surface area (Å²) in [6.07, 6.45) is 7.10. The summed E-state index contributed by atoms with van der Waals surface area (Å²) < 4.78 is 2.11. The first-order chi connectivity index (χ1) is 8.68. The van der Waals surface area contributed by atoms with Crippen molar-refractivity contribution in [1.82, 2.24) is 14.8 Å². The number of hydrogen-bond donors (Lipinski definition) is 1. The van der Waals surface area contributed by atoms with E-state index in [2.05, 4.69) is 14.8 Å². The summed E-state index contributed by atoms with van der Waals surface area (Å²) in [5, 5.41) is 17.1. The Morgan fingerprint density at radius 3 is 2.72 bits per heavy atom. The molecular weight excluding hydrogens is 230 g/mol. The number of carboxylic acids is 1. The molecule has 0 unspecified atom stereocenters. The van der Waals surface area contributed by atoms with Crippen LogP contribution in [0.5, 0.6) is 0 Å². The number of rotatable bonds is 5. The zero-order valence-electron chi connectivity index (χ0n) is 10.9. The summed E-state index contributed by atoms with van der Waals surface area (Å²) in [5.74, 6) is 1.75. The van der Waals surface area contributed by atoms with Crippen molar-refractivity contribution in [2.75, 3.05) is 0 Å². The van der Waals surface area contributed by atoms with Crippen LogP contribution in [0.25, 0.3) is 0 Å². The molecule has 2 rings (SSSR count). The topological polar surface area (TPSA) is 68.0 Å². The Morgan fingerprint density at radius 1 is 1.33 bits per heavy atom. The molecule has 1 aliphatic carbocycles. The van der Waals surface area contributed by atoms with Crippen LogP contribution < -0.4 is 0 Å². The van der Waals surface area contributed by atoms with E-state index in [1.807, 2.05) is 6.92 Å². The predicted molar refractivity (Wildman–Crippen MR) is 67.5 cm³/mol. The minimum absolute atomic E-state index is 0.210. The minimum atomic E-state index is -0.736. The molecule has 5 heteroatoms. The molecule has 100 valence electrons. The zero-order chi connectivity index (χ0) is 13.0. The Bertz CT molecular complexity index is 408. The maximum atomic E-state index is 10.6. The van der Waals surface area contributed by atoms with Crippen molar-refractivity contribution in [2.45, 2.75) is 64.3 Å². The van der Waals surface area contributed by atoms with Gasteiger partial charge in [-0.1, -0.05) is 19.3 Å². The lowest BCUT2D eigenvalue weighted by Crippen LogP contribution is -2.14. The summed E-state index contributed by atoms with van der Waals surface area (Å²) in [4.78, 5) is 10.6. The molecule has 0 aromatic carbocycles. The molecular formula is C13H21N3O2. The highest BCUT2D eigenvalue weighted by Crippen LogP contribution is 2.31. The third-order valence-electron chi connectivity index (χ3n) is 3.71. The molecule has 0 spiro atoms. The highest BCUT2D eigenvalue weighted by atomic mass is 16.4. The number of hydrogen-bond acceptors (Lipinski definition) is 3. The molecule has 0 radical (unpaired) electrons. The summed E-state index contributed by atoms with van der Waals surface area (Å²) in [6, 6.07) is 0. The first kappa shape index (κ1) is 13.1. The highest BCUT2D eigenvalue weighted by Gasteiger charge is 2.21. The van der Waals surface area contributed by atoms with Gasteiger partial charge in [-0.3, -0.25) is 4.79 Å². The van der Waals surface area contributed by atoms with Gasteiger partial charge >= 0.3 is 5.97 Å². The van der Waals surface area contributed by atoms with Gasteiger partial charge in [0.1, 0.15) is 11.6 Å². The van der Waals surface area contributed by atoms with Gasteiger partial charge in [-0.2, -0.15) is 0 Å². The largest absolute Gasteiger partial charge is 0.481 e. The van der Waals surface area contributed by atoms with Gasteiger partial charge in [0.05, 0.1) is 0 Å². The average Bonchev–Trinajstić information content (AvgIpc) is 2.72. The molecule has 0 bridgehead atoms. The molecule has 1 fully saturated rings. The standard InChI is InChI=1S/C13H21N3O2/c1-10-14-15-13(11-6-3-2-4-7-11)16(10)9-5-8-12(17)18/h11H,2-9H2,1H3,(H,17,18). The second-order valence-electron chi connectivity index (χ2n) is 5.09. The zero-order valence-corrected chi connectivity index (χ0v) is 10.9. The fourth-order valence-corrected chi connectivity index (χ4v) is 2.72. The van der Waals surface area contributed by atoms with Crippen LogP contribution >= 0.6 is 0 Å². The van der Waals surface area contributed by atoms with E-state index in [-0.39, 0.29) is 6.42 Å². The average molecular weight is 251 g/mol. The van der Waals surface area contributed by atoms with Crippen molar-refractivity contribution >= 4 is 5.97 Å². The number of aromatic nitrogens is 3. The Morgan fingerprint density at radius 2 is 2.06 bits per heavy atom. The van der Waals surface area contributed by atoms with Crippen molar-refractivity contribution in [1.29, 1.82) is 0 Å². The first-order valence-corrected chi connectivity index (χ1v) is 6.80. The fraction of sp³-hybridized carbons (Fsp3) is 0.769. The lowest BCUT2D eigenvalue weighted by Gasteiger charge is -2.21. The van der Waals surface area contributed by atoms with Crippen LogP contribution in [0.2, 0.25) is 0 Å². The lowest BCUT2D eigenvalue weighted by molar-refractivity contribution is -0.137. The third kappa shape index (κ3) is 3.09. The molecule has 0 aliphatic heterocycles. The number of carboxylic acid groups (broad SMARTS) is 1. The van der Waals surface area contributed by atoms with Crippen molar-refractivity contribution < 1.29 is 9.90 Å². The van der Waals surface area contributed by atoms with Crippen LogP contribution in [0, 0.1) is 6.92 Å². The summed E-state index contributed by atoms with van der Waals surface area (Å²) in [6.45, 7) is 2.66. The molecule has 1 heterocycles. The van der Waals surface area contributed by atoms with Crippen LogP contribution in [0.4, 0.5) is 0 Å². The maximum Gasteiger partial charge on any atom is 0.303 e. The Labute approximate surface area is 107 Å². The molecule has 0 atom stereocenters. The van der Waals surface area contributed by atoms with E-state index in [1.54, 1.807) is 0 Å². The molecule has 1 N–H and O–H groups in total. The van der Waals surface area contributed by atoms with E-state index in [4.69, 9.17) is 5.11 Å². The van der Waals surface area contributed by atoms with Crippen LogP contribution in [0.3, 0.4) is 0 Å². The van der Waals surface area contributed by atoms with Gasteiger partial charge in [-0.15, -0.1) is 10.2 Å². The van der Waals surface area contributed by atoms with Crippen LogP contribution in [0.15, 0.2) is 0 Å². The van der Waals surface area contributed by atoms with Gasteiger partial charge in [0.15, 0.2) is 0 Å². The molecule has 1 aromatic heterocycles. The molecule has 18 heavy (non-hydrogen) atoms. The van der Waals surface area contributed by atoms with E-state index >= 15 is 0 Å². The van der Waals surface area contributed by atoms with Crippen LogP contribution in [0.1, 0.15) is 62.5 Å². The Kier molecular flexibility index (Phi) is 4.33. The van der Waals surface area contributed by atoms with E-state index in [0.717, 1.165) is 18.2 Å². The first-order valence-electron chi connectivity index (χ1n) is 6.80. The Balaban J connectivity index is 2.03. The predicted octanol–water partition coefficient (Wildman–Crippen LogP) is 2.50. The van der Waals surface area contributed by atoms with Crippen molar-refractivity contribution in [3.63, 3.8) is 0 Å². The van der Waals surface area contributed by atoms with Crippen molar-refractivity contribution in [2.24, 2.45) is 0 Å². The molecule has 5 nitrogen and oxygen atoms in total. The summed E-state index contributed by atoms with van der Waals surface area (Å²) in [5.41, 5.74) is 0. The SMILES string of the molecule is Cc1nnc(C2CCCCC2)n1CCCC(=O)O. The summed E-state index contributed by atoms with van der Waals surface area (Å²) in [7, 11) is 0. The number of aryl methyl sites for hydroxylation is 1. The van der Waals surface area contributed by atoms with E-state index < -0.39 is 5.97 Å². The normalized spacial score (nSPS) is 16.9. The molecule has 1 saturated carbocycles. The van der Waals surface area contributed by atoms with E-state index in [0.29, 0.717) is 12.3 Å². The molecule has 1 aliphatic rings. The minimum Gasteiger partial charge on any atom is -0.481 e. The molecule has 0 amide bonds. The van der Waals surface area contributed by atoms with Crippen molar-refractivity contribution in [3.05, 3.63) is 11.6 Å². The number of carbonyl (C=O) groups is 1. The van der Waals surface area contributed by atoms with Gasteiger partial charge in [0.2, 0.25) is 0 Å². The Hall–Kier alpha value is -1.39. The second kappa shape index (κ2) is 5.98. The molecule has 0 saturated heterocycles. The number of aliphatic carboxylic acids is 1. The van der Waals surface area contributed by atoms with Crippen LogP contribution in [-0.4, -0.2) is 25.8 Å².